The van der Waals surface area contributed by atoms with E-state index >= 15 is 0 Å². The summed E-state index contributed by atoms with van der Waals surface area (Å²) >= 11 is 0. The monoisotopic (exact) mass is 435 g/mol. The van der Waals surface area contributed by atoms with E-state index in [0.29, 0.717) is 12.2 Å². The summed E-state index contributed by atoms with van der Waals surface area (Å²) in [6.45, 7) is 0.721. The number of anilines is 2. The van der Waals surface area contributed by atoms with Crippen molar-refractivity contribution in [1.82, 2.24) is 4.90 Å². The van der Waals surface area contributed by atoms with Gasteiger partial charge in [0, 0.05) is 31.0 Å². The van der Waals surface area contributed by atoms with E-state index in [2.05, 4.69) is 15.0 Å². The lowest BCUT2D eigenvalue weighted by molar-refractivity contribution is -0.117. The van der Waals surface area contributed by atoms with Crippen molar-refractivity contribution in [3.8, 4) is 11.5 Å². The van der Waals surface area contributed by atoms with Crippen LogP contribution in [0.1, 0.15) is 5.56 Å². The topological polar surface area (TPSA) is 63.3 Å². The molecule has 1 saturated heterocycles. The summed E-state index contributed by atoms with van der Waals surface area (Å²) in [6.07, 6.45) is 0. The van der Waals surface area contributed by atoms with Crippen molar-refractivity contribution in [2.24, 2.45) is 0 Å². The molecule has 0 atom stereocenters. The van der Waals surface area contributed by atoms with E-state index in [1.807, 2.05) is 24.3 Å². The predicted octanol–water partition coefficient (Wildman–Crippen LogP) is 3.20. The third kappa shape index (κ3) is 6.80. The maximum absolute atomic E-state index is 12.6. The van der Waals surface area contributed by atoms with E-state index < -0.39 is 6.61 Å². The summed E-state index contributed by atoms with van der Waals surface area (Å²) < 4.78 is 40.1. The highest BCUT2D eigenvalue weighted by atomic mass is 19.3. The molecule has 1 heterocycles. The van der Waals surface area contributed by atoms with Gasteiger partial charge in [0.1, 0.15) is 0 Å². The molecule has 1 aliphatic rings. The van der Waals surface area contributed by atoms with E-state index in [1.54, 1.807) is 24.1 Å². The molecular formula is C22H27F2N3O4. The molecule has 0 radical (unpaired) electrons. The Hall–Kier alpha value is -2.91. The number of methoxy groups -OCH3 is 1. The van der Waals surface area contributed by atoms with Gasteiger partial charge < -0.3 is 24.4 Å². The second-order valence-corrected chi connectivity index (χ2v) is 7.23. The Morgan fingerprint density at radius 1 is 1.16 bits per heavy atom. The zero-order chi connectivity index (χ0) is 22.2. The van der Waals surface area contributed by atoms with E-state index in [0.717, 1.165) is 37.6 Å². The number of amides is 1. The molecule has 2 aromatic carbocycles. The third-order valence-corrected chi connectivity index (χ3v) is 4.84. The molecule has 31 heavy (non-hydrogen) atoms. The lowest BCUT2D eigenvalue weighted by atomic mass is 10.2. The number of likely N-dealkylation sites (N-methyl/N-ethyl adjacent to an activating group) is 1. The minimum atomic E-state index is -2.94. The summed E-state index contributed by atoms with van der Waals surface area (Å²) in [5, 5.41) is 2.88. The van der Waals surface area contributed by atoms with Crippen molar-refractivity contribution in [3.63, 3.8) is 0 Å². The van der Waals surface area contributed by atoms with Crippen molar-refractivity contribution >= 4 is 17.3 Å². The van der Waals surface area contributed by atoms with Gasteiger partial charge in [0.25, 0.3) is 0 Å². The number of nitrogens with one attached hydrogen (secondary N) is 1. The first kappa shape index (κ1) is 22.8. The number of halogens is 2. The zero-order valence-corrected chi connectivity index (χ0v) is 17.6. The largest absolute Gasteiger partial charge is 0.493 e. The third-order valence-electron chi connectivity index (χ3n) is 4.84. The normalized spacial score (nSPS) is 14.1. The maximum Gasteiger partial charge on any atom is 0.387 e. The SMILES string of the molecule is COc1ccc(CN(C)CC(=O)Nc2ccc(N3CCOCC3)cc2)cc1OC(F)F. The smallest absolute Gasteiger partial charge is 0.387 e. The van der Waals surface area contributed by atoms with Crippen LogP contribution in [0.4, 0.5) is 20.2 Å². The molecule has 0 saturated carbocycles. The first-order valence-corrected chi connectivity index (χ1v) is 9.97. The number of ether oxygens (including phenoxy) is 3. The summed E-state index contributed by atoms with van der Waals surface area (Å²) in [4.78, 5) is 16.4. The molecule has 9 heteroatoms. The number of rotatable bonds is 9. The molecule has 0 unspecified atom stereocenters. The number of hydrogen-bond acceptors (Lipinski definition) is 6. The van der Waals surface area contributed by atoms with Crippen LogP contribution >= 0.6 is 0 Å². The Kier molecular flexibility index (Phi) is 8.02. The van der Waals surface area contributed by atoms with Crippen LogP contribution < -0.4 is 19.7 Å². The fourth-order valence-corrected chi connectivity index (χ4v) is 3.40. The van der Waals surface area contributed by atoms with E-state index in [1.165, 1.54) is 13.2 Å². The maximum atomic E-state index is 12.6. The van der Waals surface area contributed by atoms with Crippen molar-refractivity contribution in [1.29, 1.82) is 0 Å². The average molecular weight is 435 g/mol. The van der Waals surface area contributed by atoms with Crippen molar-refractivity contribution in [2.45, 2.75) is 13.2 Å². The van der Waals surface area contributed by atoms with Crippen LogP contribution in [0.15, 0.2) is 42.5 Å². The molecule has 7 nitrogen and oxygen atoms in total. The number of hydrogen-bond donors (Lipinski definition) is 1. The minimum absolute atomic E-state index is 0.0341. The Labute approximate surface area is 180 Å². The van der Waals surface area contributed by atoms with E-state index in [4.69, 9.17) is 9.47 Å². The highest BCUT2D eigenvalue weighted by Crippen LogP contribution is 2.29. The van der Waals surface area contributed by atoms with Gasteiger partial charge in [-0.05, 0) is 49.0 Å². The summed E-state index contributed by atoms with van der Waals surface area (Å²) in [7, 11) is 3.16. The molecule has 1 amide bonds. The standard InChI is InChI=1S/C22H27F2N3O4/c1-26(14-16-3-8-19(29-2)20(13-16)31-22(23)24)15-21(28)25-17-4-6-18(7-5-17)27-9-11-30-12-10-27/h3-8,13,22H,9-12,14-15H2,1-2H3,(H,25,28). The molecule has 1 N–H and O–H groups in total. The van der Waals surface area contributed by atoms with Crippen LogP contribution in [-0.2, 0) is 16.1 Å². The van der Waals surface area contributed by atoms with Crippen LogP contribution in [0.2, 0.25) is 0 Å². The average Bonchev–Trinajstić information content (AvgIpc) is 2.74. The minimum Gasteiger partial charge on any atom is -0.493 e. The predicted molar refractivity (Wildman–Crippen MR) is 114 cm³/mol. The van der Waals surface area contributed by atoms with Crippen molar-refractivity contribution < 1.29 is 27.8 Å². The molecule has 1 aliphatic heterocycles. The van der Waals surface area contributed by atoms with Gasteiger partial charge in [0.15, 0.2) is 11.5 Å². The quantitative estimate of drug-likeness (QED) is 0.653. The van der Waals surface area contributed by atoms with E-state index in [-0.39, 0.29) is 24.0 Å². The van der Waals surface area contributed by atoms with Crippen LogP contribution in [0.25, 0.3) is 0 Å². The number of benzene rings is 2. The van der Waals surface area contributed by atoms with Crippen LogP contribution in [0.5, 0.6) is 11.5 Å². The molecule has 3 rings (SSSR count). The van der Waals surface area contributed by atoms with Gasteiger partial charge >= 0.3 is 6.61 Å². The summed E-state index contributed by atoms with van der Waals surface area (Å²) in [5.41, 5.74) is 2.54. The zero-order valence-electron chi connectivity index (χ0n) is 17.6. The Morgan fingerprint density at radius 3 is 2.52 bits per heavy atom. The highest BCUT2D eigenvalue weighted by Gasteiger charge is 2.14. The second kappa shape index (κ2) is 10.9. The van der Waals surface area contributed by atoms with Gasteiger partial charge in [-0.25, -0.2) is 0 Å². The summed E-state index contributed by atoms with van der Waals surface area (Å²) in [6, 6.07) is 12.5. The molecule has 0 aromatic heterocycles. The van der Waals surface area contributed by atoms with Crippen molar-refractivity contribution in [2.75, 3.05) is 57.2 Å². The number of morpholine rings is 1. The number of carbonyl (C=O) groups is 1. The molecule has 0 spiro atoms. The van der Waals surface area contributed by atoms with Crippen molar-refractivity contribution in [3.05, 3.63) is 48.0 Å². The van der Waals surface area contributed by atoms with Gasteiger partial charge in [-0.3, -0.25) is 9.69 Å². The van der Waals surface area contributed by atoms with Gasteiger partial charge in [-0.2, -0.15) is 8.78 Å². The molecule has 0 aliphatic carbocycles. The second-order valence-electron chi connectivity index (χ2n) is 7.23. The number of alkyl halides is 2. The molecule has 0 bridgehead atoms. The van der Waals surface area contributed by atoms with Gasteiger partial charge in [0.05, 0.1) is 26.9 Å². The molecule has 1 fully saturated rings. The van der Waals surface area contributed by atoms with Crippen LogP contribution in [0.3, 0.4) is 0 Å². The Bertz CT molecular complexity index is 858. The Balaban J connectivity index is 1.52. The fourth-order valence-electron chi connectivity index (χ4n) is 3.40. The Morgan fingerprint density at radius 2 is 1.87 bits per heavy atom. The summed E-state index contributed by atoms with van der Waals surface area (Å²) in [5.74, 6) is 0.0253. The number of carbonyl (C=O) groups excluding carboxylic acids is 1. The highest BCUT2D eigenvalue weighted by molar-refractivity contribution is 5.92. The van der Waals surface area contributed by atoms with Gasteiger partial charge in [0.2, 0.25) is 5.91 Å². The van der Waals surface area contributed by atoms with Crippen LogP contribution in [0, 0.1) is 0 Å². The molecule has 2 aromatic rings. The first-order valence-electron chi connectivity index (χ1n) is 9.97. The first-order chi connectivity index (χ1) is 14.9. The lowest BCUT2D eigenvalue weighted by Gasteiger charge is -2.28. The van der Waals surface area contributed by atoms with E-state index in [9.17, 15) is 13.6 Å². The lowest BCUT2D eigenvalue weighted by Crippen LogP contribution is -2.36. The van der Waals surface area contributed by atoms with Gasteiger partial charge in [-0.15, -0.1) is 0 Å². The fraction of sp³-hybridized carbons (Fsp3) is 0.409. The van der Waals surface area contributed by atoms with Gasteiger partial charge in [-0.1, -0.05) is 6.07 Å². The van der Waals surface area contributed by atoms with Crippen LogP contribution in [-0.4, -0.2) is 64.4 Å². The molecular weight excluding hydrogens is 408 g/mol. The number of nitrogens with zero attached hydrogens (tertiary/aromatic N) is 2. The molecule has 168 valence electrons.